The van der Waals surface area contributed by atoms with Crippen molar-refractivity contribution in [1.82, 2.24) is 4.90 Å². The van der Waals surface area contributed by atoms with Crippen molar-refractivity contribution in [3.63, 3.8) is 0 Å². The first-order valence-corrected chi connectivity index (χ1v) is 7.61. The summed E-state index contributed by atoms with van der Waals surface area (Å²) >= 11 is 3.43. The number of carbonyl (C=O) groups is 2. The van der Waals surface area contributed by atoms with Crippen LogP contribution in [0.15, 0.2) is 16.6 Å². The predicted molar refractivity (Wildman–Crippen MR) is 86.7 cm³/mol. The molecule has 1 unspecified atom stereocenters. The number of amides is 2. The molecule has 2 amide bonds. The number of rotatable bonds is 5. The number of aryl methyl sites for hydroxylation is 2. The van der Waals surface area contributed by atoms with Gasteiger partial charge in [0.05, 0.1) is 5.69 Å². The van der Waals surface area contributed by atoms with Gasteiger partial charge in [-0.25, -0.2) is 4.79 Å². The SMILES string of the molecule is CCC(C)N(CC(=O)O)C(=O)Nc1c(C)cc(C)cc1Br. The molecule has 5 nitrogen and oxygen atoms in total. The molecular weight excluding hydrogens is 336 g/mol. The van der Waals surface area contributed by atoms with Gasteiger partial charge in [-0.2, -0.15) is 0 Å². The van der Waals surface area contributed by atoms with Crippen LogP contribution in [0.1, 0.15) is 31.4 Å². The van der Waals surface area contributed by atoms with E-state index in [0.29, 0.717) is 12.1 Å². The third-order valence-corrected chi connectivity index (χ3v) is 3.98. The van der Waals surface area contributed by atoms with Crippen LogP contribution in [0, 0.1) is 13.8 Å². The van der Waals surface area contributed by atoms with Crippen molar-refractivity contribution >= 4 is 33.6 Å². The Kier molecular flexibility index (Phi) is 6.20. The highest BCUT2D eigenvalue weighted by Crippen LogP contribution is 2.28. The molecule has 0 aliphatic heterocycles. The topological polar surface area (TPSA) is 69.6 Å². The van der Waals surface area contributed by atoms with Crippen molar-refractivity contribution < 1.29 is 14.7 Å². The first kappa shape index (κ1) is 17.5. The first-order valence-electron chi connectivity index (χ1n) is 6.82. The summed E-state index contributed by atoms with van der Waals surface area (Å²) in [6.07, 6.45) is 0.689. The van der Waals surface area contributed by atoms with Crippen molar-refractivity contribution in [2.75, 3.05) is 11.9 Å². The summed E-state index contributed by atoms with van der Waals surface area (Å²) in [6.45, 7) is 7.31. The number of hydrogen-bond donors (Lipinski definition) is 2. The van der Waals surface area contributed by atoms with Crippen molar-refractivity contribution in [3.8, 4) is 0 Å². The number of benzene rings is 1. The van der Waals surface area contributed by atoms with Gasteiger partial charge >= 0.3 is 12.0 Å². The minimum atomic E-state index is -1.02. The van der Waals surface area contributed by atoms with Crippen molar-refractivity contribution in [2.45, 2.75) is 40.2 Å². The van der Waals surface area contributed by atoms with E-state index in [1.54, 1.807) is 0 Å². The van der Waals surface area contributed by atoms with Gasteiger partial charge in [-0.05, 0) is 60.3 Å². The average Bonchev–Trinajstić information content (AvgIpc) is 2.38. The molecule has 0 spiro atoms. The average molecular weight is 357 g/mol. The molecule has 116 valence electrons. The van der Waals surface area contributed by atoms with Crippen molar-refractivity contribution in [1.29, 1.82) is 0 Å². The number of carboxylic acids is 1. The number of urea groups is 1. The molecule has 1 atom stereocenters. The zero-order valence-electron chi connectivity index (χ0n) is 12.7. The van der Waals surface area contributed by atoms with Gasteiger partial charge in [-0.15, -0.1) is 0 Å². The quantitative estimate of drug-likeness (QED) is 0.843. The second kappa shape index (κ2) is 7.45. The number of hydrogen-bond acceptors (Lipinski definition) is 2. The minimum absolute atomic E-state index is 0.148. The standard InChI is InChI=1S/C15H21BrN2O3/c1-5-11(4)18(8-13(19)20)15(21)17-14-10(3)6-9(2)7-12(14)16/h6-7,11H,5,8H2,1-4H3,(H,17,21)(H,19,20). The Morgan fingerprint density at radius 3 is 2.48 bits per heavy atom. The lowest BCUT2D eigenvalue weighted by Gasteiger charge is -2.27. The lowest BCUT2D eigenvalue weighted by Crippen LogP contribution is -2.44. The fourth-order valence-corrected chi connectivity index (χ4v) is 2.82. The maximum atomic E-state index is 12.4. The molecule has 21 heavy (non-hydrogen) atoms. The Morgan fingerprint density at radius 2 is 2.00 bits per heavy atom. The third kappa shape index (κ3) is 4.74. The highest BCUT2D eigenvalue weighted by Gasteiger charge is 2.22. The molecule has 0 aliphatic rings. The maximum absolute atomic E-state index is 12.4. The van der Waals surface area contributed by atoms with Gasteiger partial charge in [0.2, 0.25) is 0 Å². The Labute approximate surface area is 133 Å². The van der Waals surface area contributed by atoms with Crippen LogP contribution in [0.5, 0.6) is 0 Å². The fourth-order valence-electron chi connectivity index (χ4n) is 2.05. The molecule has 0 saturated carbocycles. The molecule has 1 rings (SSSR count). The van der Waals surface area contributed by atoms with Crippen LogP contribution < -0.4 is 5.32 Å². The second-order valence-electron chi connectivity index (χ2n) is 5.15. The van der Waals surface area contributed by atoms with E-state index in [0.717, 1.165) is 15.6 Å². The lowest BCUT2D eigenvalue weighted by atomic mass is 10.1. The largest absolute Gasteiger partial charge is 0.480 e. The van der Waals surface area contributed by atoms with Gasteiger partial charge in [-0.3, -0.25) is 4.79 Å². The number of aliphatic carboxylic acids is 1. The fraction of sp³-hybridized carbons (Fsp3) is 0.467. The number of carboxylic acid groups (broad SMARTS) is 1. The van der Waals surface area contributed by atoms with Gasteiger partial charge in [0.15, 0.2) is 0 Å². The van der Waals surface area contributed by atoms with Gasteiger partial charge < -0.3 is 15.3 Å². The normalized spacial score (nSPS) is 11.9. The molecule has 0 saturated heterocycles. The van der Waals surface area contributed by atoms with Crippen molar-refractivity contribution in [2.24, 2.45) is 0 Å². The van der Waals surface area contributed by atoms with Crippen LogP contribution in [0.4, 0.5) is 10.5 Å². The maximum Gasteiger partial charge on any atom is 0.323 e. The van der Waals surface area contributed by atoms with Crippen LogP contribution >= 0.6 is 15.9 Å². The molecule has 2 N–H and O–H groups in total. The lowest BCUT2D eigenvalue weighted by molar-refractivity contribution is -0.138. The van der Waals surface area contributed by atoms with Crippen molar-refractivity contribution in [3.05, 3.63) is 27.7 Å². The summed E-state index contributed by atoms with van der Waals surface area (Å²) in [4.78, 5) is 24.6. The van der Waals surface area contributed by atoms with Crippen LogP contribution in [-0.4, -0.2) is 34.6 Å². The van der Waals surface area contributed by atoms with E-state index in [1.807, 2.05) is 39.8 Å². The smallest absolute Gasteiger partial charge is 0.323 e. The van der Waals surface area contributed by atoms with Gasteiger partial charge in [0.25, 0.3) is 0 Å². The summed E-state index contributed by atoms with van der Waals surface area (Å²) in [5.74, 6) is -1.02. The number of carbonyl (C=O) groups excluding carboxylic acids is 1. The van der Waals surface area contributed by atoms with Crippen LogP contribution in [0.25, 0.3) is 0 Å². The first-order chi connectivity index (χ1) is 9.76. The van der Waals surface area contributed by atoms with E-state index in [4.69, 9.17) is 5.11 Å². The zero-order valence-corrected chi connectivity index (χ0v) is 14.3. The van der Waals surface area contributed by atoms with Gasteiger partial charge in [0, 0.05) is 10.5 Å². The molecule has 0 radical (unpaired) electrons. The highest BCUT2D eigenvalue weighted by molar-refractivity contribution is 9.10. The van der Waals surface area contributed by atoms with Crippen LogP contribution in [-0.2, 0) is 4.79 Å². The summed E-state index contributed by atoms with van der Waals surface area (Å²) in [5, 5.41) is 11.8. The molecule has 0 aromatic heterocycles. The van der Waals surface area contributed by atoms with Gasteiger partial charge in [-0.1, -0.05) is 13.0 Å². The van der Waals surface area contributed by atoms with Crippen LogP contribution in [0.2, 0.25) is 0 Å². The van der Waals surface area contributed by atoms with E-state index in [9.17, 15) is 9.59 Å². The molecule has 1 aromatic carbocycles. The summed E-state index contributed by atoms with van der Waals surface area (Å²) in [7, 11) is 0. The summed E-state index contributed by atoms with van der Waals surface area (Å²) in [5.41, 5.74) is 2.68. The molecule has 1 aromatic rings. The predicted octanol–water partition coefficient (Wildman–Crippen LogP) is 3.78. The second-order valence-corrected chi connectivity index (χ2v) is 6.00. The third-order valence-electron chi connectivity index (χ3n) is 3.35. The number of halogens is 1. The van der Waals surface area contributed by atoms with E-state index in [1.165, 1.54) is 4.90 Å². The molecule has 0 fully saturated rings. The Hall–Kier alpha value is -1.56. The number of anilines is 1. The highest BCUT2D eigenvalue weighted by atomic mass is 79.9. The van der Waals surface area contributed by atoms with Crippen LogP contribution in [0.3, 0.4) is 0 Å². The molecular formula is C15H21BrN2O3. The number of nitrogens with zero attached hydrogens (tertiary/aromatic N) is 1. The number of nitrogens with one attached hydrogen (secondary N) is 1. The zero-order chi connectivity index (χ0) is 16.2. The molecule has 0 bridgehead atoms. The minimum Gasteiger partial charge on any atom is -0.480 e. The Bertz CT molecular complexity index is 523. The van der Waals surface area contributed by atoms with E-state index in [-0.39, 0.29) is 12.6 Å². The summed E-state index contributed by atoms with van der Waals surface area (Å²) < 4.78 is 0.785. The molecule has 0 aliphatic carbocycles. The van der Waals surface area contributed by atoms with E-state index < -0.39 is 12.0 Å². The summed E-state index contributed by atoms with van der Waals surface area (Å²) in [6, 6.07) is 3.32. The monoisotopic (exact) mass is 356 g/mol. The molecule has 6 heteroatoms. The van der Waals surface area contributed by atoms with E-state index in [2.05, 4.69) is 21.2 Å². The Morgan fingerprint density at radius 1 is 1.38 bits per heavy atom. The van der Waals surface area contributed by atoms with Gasteiger partial charge in [0.1, 0.15) is 6.54 Å². The van der Waals surface area contributed by atoms with E-state index >= 15 is 0 Å². The Balaban J connectivity index is 2.99. The molecule has 0 heterocycles.